The minimum absolute atomic E-state index is 0.0668. The average molecular weight is 323 g/mol. The van der Waals surface area contributed by atoms with Gasteiger partial charge in [0, 0.05) is 18.5 Å². The van der Waals surface area contributed by atoms with Crippen molar-refractivity contribution in [2.75, 3.05) is 13.7 Å². The molecule has 124 valence electrons. The third-order valence-corrected chi connectivity index (χ3v) is 4.45. The fourth-order valence-corrected chi connectivity index (χ4v) is 3.07. The van der Waals surface area contributed by atoms with Crippen molar-refractivity contribution in [3.63, 3.8) is 0 Å². The fraction of sp³-hybridized carbons (Fsp3) is 0.300. The van der Waals surface area contributed by atoms with Crippen molar-refractivity contribution in [1.29, 1.82) is 0 Å². The first-order chi connectivity index (χ1) is 11.5. The Morgan fingerprint density at radius 1 is 1.08 bits per heavy atom. The van der Waals surface area contributed by atoms with Crippen LogP contribution in [0.4, 0.5) is 0 Å². The lowest BCUT2D eigenvalue weighted by Crippen LogP contribution is -2.33. The van der Waals surface area contributed by atoms with Gasteiger partial charge < -0.3 is 9.64 Å². The van der Waals surface area contributed by atoms with Gasteiger partial charge in [-0.1, -0.05) is 23.8 Å². The molecule has 0 aromatic heterocycles. The molecule has 0 radical (unpaired) electrons. The predicted molar refractivity (Wildman–Crippen MR) is 92.4 cm³/mol. The van der Waals surface area contributed by atoms with Crippen molar-refractivity contribution >= 4 is 11.7 Å². The van der Waals surface area contributed by atoms with Crippen molar-refractivity contribution in [2.45, 2.75) is 26.8 Å². The summed E-state index contributed by atoms with van der Waals surface area (Å²) >= 11 is 0. The molecule has 0 unspecified atom stereocenters. The molecule has 0 saturated heterocycles. The van der Waals surface area contributed by atoms with Crippen LogP contribution in [0.5, 0.6) is 5.75 Å². The number of Topliss-reactive ketones (excluding diaryl/α,β-unsaturated/α-hetero) is 1. The van der Waals surface area contributed by atoms with E-state index in [-0.39, 0.29) is 18.2 Å². The molecule has 0 N–H and O–H groups in total. The molecular formula is C20H21NO3. The third kappa shape index (κ3) is 3.18. The van der Waals surface area contributed by atoms with Crippen LogP contribution in [0.1, 0.15) is 32.6 Å². The first-order valence-electron chi connectivity index (χ1n) is 8.02. The summed E-state index contributed by atoms with van der Waals surface area (Å²) in [5, 5.41) is 0. The van der Waals surface area contributed by atoms with Crippen LogP contribution in [0, 0.1) is 13.8 Å². The molecule has 4 heteroatoms. The van der Waals surface area contributed by atoms with E-state index in [4.69, 9.17) is 4.74 Å². The monoisotopic (exact) mass is 323 g/mol. The number of hydrogen-bond acceptors (Lipinski definition) is 3. The van der Waals surface area contributed by atoms with E-state index in [0.717, 1.165) is 28.0 Å². The van der Waals surface area contributed by atoms with Crippen molar-refractivity contribution in [1.82, 2.24) is 4.90 Å². The number of carbonyl (C=O) groups is 2. The Bertz CT molecular complexity index is 811. The Kier molecular flexibility index (Phi) is 4.38. The molecule has 1 amide bonds. The normalized spacial score (nSPS) is 14.4. The van der Waals surface area contributed by atoms with Crippen LogP contribution in [0.2, 0.25) is 0 Å². The quantitative estimate of drug-likeness (QED) is 0.872. The molecule has 0 saturated carbocycles. The summed E-state index contributed by atoms with van der Waals surface area (Å²) in [6.07, 6.45) is 0.319. The summed E-state index contributed by atoms with van der Waals surface area (Å²) in [4.78, 5) is 26.8. The van der Waals surface area contributed by atoms with E-state index in [9.17, 15) is 9.59 Å². The van der Waals surface area contributed by atoms with Gasteiger partial charge in [0.2, 0.25) is 0 Å². The minimum atomic E-state index is -0.0743. The number of amides is 1. The van der Waals surface area contributed by atoms with Crippen LogP contribution in [-0.4, -0.2) is 30.2 Å². The van der Waals surface area contributed by atoms with Crippen molar-refractivity contribution in [3.05, 3.63) is 64.2 Å². The van der Waals surface area contributed by atoms with Gasteiger partial charge in [0.05, 0.1) is 13.7 Å². The minimum Gasteiger partial charge on any atom is -0.497 e. The van der Waals surface area contributed by atoms with Crippen LogP contribution >= 0.6 is 0 Å². The number of ether oxygens (including phenoxy) is 1. The van der Waals surface area contributed by atoms with Gasteiger partial charge in [-0.2, -0.15) is 0 Å². The smallest absolute Gasteiger partial charge is 0.254 e. The molecular weight excluding hydrogens is 302 g/mol. The second-order valence-electron chi connectivity index (χ2n) is 6.33. The number of nitrogens with zero attached hydrogens (tertiary/aromatic N) is 1. The van der Waals surface area contributed by atoms with E-state index >= 15 is 0 Å². The van der Waals surface area contributed by atoms with Gasteiger partial charge in [0.15, 0.2) is 5.78 Å². The van der Waals surface area contributed by atoms with Crippen LogP contribution in [0.3, 0.4) is 0 Å². The topological polar surface area (TPSA) is 46.6 Å². The highest BCUT2D eigenvalue weighted by atomic mass is 16.5. The van der Waals surface area contributed by atoms with Gasteiger partial charge in [-0.25, -0.2) is 0 Å². The SMILES string of the molecule is COc1ccc(CN2CC(=O)Cc3ccc(C)cc3C2=O)c(C)c1. The summed E-state index contributed by atoms with van der Waals surface area (Å²) in [5.74, 6) is 0.780. The highest BCUT2D eigenvalue weighted by Gasteiger charge is 2.26. The average Bonchev–Trinajstić information content (AvgIpc) is 2.67. The van der Waals surface area contributed by atoms with E-state index in [1.54, 1.807) is 12.0 Å². The molecule has 3 rings (SSSR count). The lowest BCUT2D eigenvalue weighted by atomic mass is 10.0. The van der Waals surface area contributed by atoms with Gasteiger partial charge >= 0.3 is 0 Å². The first-order valence-corrected chi connectivity index (χ1v) is 8.02. The molecule has 0 atom stereocenters. The molecule has 0 spiro atoms. The Labute approximate surface area is 142 Å². The third-order valence-electron chi connectivity index (χ3n) is 4.45. The molecule has 2 aromatic rings. The van der Waals surface area contributed by atoms with E-state index in [2.05, 4.69) is 0 Å². The number of carbonyl (C=O) groups excluding carboxylic acids is 2. The van der Waals surface area contributed by atoms with E-state index in [1.165, 1.54) is 0 Å². The highest BCUT2D eigenvalue weighted by Crippen LogP contribution is 2.23. The van der Waals surface area contributed by atoms with E-state index in [1.807, 2.05) is 50.2 Å². The number of benzene rings is 2. The Morgan fingerprint density at radius 2 is 1.88 bits per heavy atom. The number of rotatable bonds is 3. The van der Waals surface area contributed by atoms with E-state index in [0.29, 0.717) is 18.5 Å². The summed E-state index contributed by atoms with van der Waals surface area (Å²) in [6, 6.07) is 11.5. The number of fused-ring (bicyclic) bond motifs is 1. The van der Waals surface area contributed by atoms with Gasteiger partial charge in [-0.15, -0.1) is 0 Å². The zero-order valence-corrected chi connectivity index (χ0v) is 14.3. The lowest BCUT2D eigenvalue weighted by Gasteiger charge is -2.22. The Balaban J connectivity index is 1.93. The van der Waals surface area contributed by atoms with Crippen LogP contribution in [0.25, 0.3) is 0 Å². The molecule has 1 heterocycles. The Morgan fingerprint density at radius 3 is 2.58 bits per heavy atom. The van der Waals surface area contributed by atoms with Gasteiger partial charge in [-0.05, 0) is 48.7 Å². The second kappa shape index (κ2) is 6.48. The number of ketones is 1. The molecule has 24 heavy (non-hydrogen) atoms. The van der Waals surface area contributed by atoms with Crippen LogP contribution in [0.15, 0.2) is 36.4 Å². The lowest BCUT2D eigenvalue weighted by molar-refractivity contribution is -0.119. The summed E-state index contributed by atoms with van der Waals surface area (Å²) in [7, 11) is 1.63. The maximum atomic E-state index is 12.9. The largest absolute Gasteiger partial charge is 0.497 e. The number of aryl methyl sites for hydroxylation is 2. The molecule has 4 nitrogen and oxygen atoms in total. The molecule has 0 bridgehead atoms. The number of hydrogen-bond donors (Lipinski definition) is 0. The molecule has 0 aliphatic carbocycles. The van der Waals surface area contributed by atoms with E-state index < -0.39 is 0 Å². The van der Waals surface area contributed by atoms with Crippen LogP contribution in [-0.2, 0) is 17.8 Å². The predicted octanol–water partition coefficient (Wildman–Crippen LogP) is 3.08. The van der Waals surface area contributed by atoms with Crippen LogP contribution < -0.4 is 4.74 Å². The molecule has 1 aliphatic rings. The number of methoxy groups -OCH3 is 1. The maximum Gasteiger partial charge on any atom is 0.254 e. The standard InChI is InChI=1S/C20H21NO3/c1-13-4-5-15-10-17(22)12-21(20(23)19(15)8-13)11-16-6-7-18(24-3)9-14(16)2/h4-9H,10-12H2,1-3H3. The van der Waals surface area contributed by atoms with Gasteiger partial charge in [-0.3, -0.25) is 9.59 Å². The zero-order chi connectivity index (χ0) is 17.3. The molecule has 1 aliphatic heterocycles. The van der Waals surface area contributed by atoms with Crippen molar-refractivity contribution < 1.29 is 14.3 Å². The van der Waals surface area contributed by atoms with Crippen molar-refractivity contribution in [2.24, 2.45) is 0 Å². The summed E-state index contributed by atoms with van der Waals surface area (Å²) in [6.45, 7) is 4.52. The summed E-state index contributed by atoms with van der Waals surface area (Å²) in [5.41, 5.74) is 4.56. The fourth-order valence-electron chi connectivity index (χ4n) is 3.07. The van der Waals surface area contributed by atoms with Gasteiger partial charge in [0.1, 0.15) is 5.75 Å². The maximum absolute atomic E-state index is 12.9. The second-order valence-corrected chi connectivity index (χ2v) is 6.33. The van der Waals surface area contributed by atoms with Gasteiger partial charge in [0.25, 0.3) is 5.91 Å². The van der Waals surface area contributed by atoms with Crippen molar-refractivity contribution in [3.8, 4) is 5.75 Å². The molecule has 0 fully saturated rings. The highest BCUT2D eigenvalue weighted by molar-refractivity contribution is 6.01. The zero-order valence-electron chi connectivity index (χ0n) is 14.3. The summed E-state index contributed by atoms with van der Waals surface area (Å²) < 4.78 is 5.22. The first kappa shape index (κ1) is 16.2. The Hall–Kier alpha value is -2.62. The molecule has 2 aromatic carbocycles.